The molecule has 6 nitrogen and oxygen atoms in total. The molecular weight excluding hydrogens is 166 g/mol. The molecule has 0 bridgehead atoms. The Hall–Kier alpha value is -0.240. The van der Waals surface area contributed by atoms with Crippen LogP contribution in [0.15, 0.2) is 0 Å². The van der Waals surface area contributed by atoms with Gasteiger partial charge in [0.1, 0.15) is 12.2 Å². The Kier molecular flexibility index (Phi) is 2.39. The fourth-order valence-electron chi connectivity index (χ4n) is 1.26. The predicted octanol–water partition coefficient (Wildman–Crippen LogP) is -3.30. The molecule has 12 heavy (non-hydrogen) atoms. The zero-order chi connectivity index (χ0) is 9.52. The summed E-state index contributed by atoms with van der Waals surface area (Å²) in [4.78, 5) is 0. The average Bonchev–Trinajstić information content (AvgIpc) is 2.14. The van der Waals surface area contributed by atoms with Crippen LogP contribution in [-0.4, -0.2) is 55.8 Å². The highest BCUT2D eigenvalue weighted by molar-refractivity contribution is 4.99. The van der Waals surface area contributed by atoms with Crippen molar-refractivity contribution in [1.29, 1.82) is 0 Å². The second kappa shape index (κ2) is 2.91. The zero-order valence-corrected chi connectivity index (χ0v) is 6.55. The largest absolute Gasteiger partial charge is 0.392 e. The zero-order valence-electron chi connectivity index (χ0n) is 6.55. The van der Waals surface area contributed by atoms with Crippen LogP contribution in [0.2, 0.25) is 0 Å². The Bertz CT molecular complexity index is 171. The van der Waals surface area contributed by atoms with E-state index in [1.807, 2.05) is 0 Å². The summed E-state index contributed by atoms with van der Waals surface area (Å²) in [6.45, 7) is 1.37. The van der Waals surface area contributed by atoms with Crippen LogP contribution in [0.1, 0.15) is 6.92 Å². The van der Waals surface area contributed by atoms with Gasteiger partial charge >= 0.3 is 0 Å². The average molecular weight is 179 g/mol. The first kappa shape index (κ1) is 9.85. The van der Waals surface area contributed by atoms with Crippen LogP contribution in [0.5, 0.6) is 0 Å². The maximum atomic E-state index is 9.17. The molecule has 1 saturated heterocycles. The van der Waals surface area contributed by atoms with Crippen LogP contribution in [0.3, 0.4) is 0 Å². The van der Waals surface area contributed by atoms with Crippen LogP contribution >= 0.6 is 0 Å². The maximum absolute atomic E-state index is 9.17. The molecule has 0 unspecified atom stereocenters. The second-order valence-electron chi connectivity index (χ2n) is 3.07. The van der Waals surface area contributed by atoms with Crippen LogP contribution in [0.25, 0.3) is 0 Å². The SMILES string of the molecule is C[C@@H](O)[C@H]1NC(O)(O)[C@@H](O)[C@H]1O. The molecule has 6 heteroatoms. The van der Waals surface area contributed by atoms with Gasteiger partial charge in [0, 0.05) is 0 Å². The van der Waals surface area contributed by atoms with E-state index in [0.29, 0.717) is 0 Å². The summed E-state index contributed by atoms with van der Waals surface area (Å²) in [5, 5.41) is 47.3. The van der Waals surface area contributed by atoms with Gasteiger partial charge in [-0.3, -0.25) is 5.32 Å². The van der Waals surface area contributed by atoms with Crippen molar-refractivity contribution < 1.29 is 25.5 Å². The van der Waals surface area contributed by atoms with Crippen molar-refractivity contribution in [1.82, 2.24) is 5.32 Å². The predicted molar refractivity (Wildman–Crippen MR) is 37.8 cm³/mol. The summed E-state index contributed by atoms with van der Waals surface area (Å²) in [5.41, 5.74) is 0. The highest BCUT2D eigenvalue weighted by Crippen LogP contribution is 2.21. The number of hydrogen-bond acceptors (Lipinski definition) is 6. The standard InChI is InChI=1S/C6H13NO5/c1-2(8)3-4(9)5(10)6(11,12)7-3/h2-5,7-12H,1H3/t2-,3-,4+,5+/m1/s1. The molecule has 1 rings (SSSR count). The summed E-state index contributed by atoms with van der Waals surface area (Å²) in [5.74, 6) is -2.53. The van der Waals surface area contributed by atoms with E-state index < -0.39 is 30.3 Å². The van der Waals surface area contributed by atoms with Gasteiger partial charge in [0.05, 0.1) is 12.1 Å². The monoisotopic (exact) mass is 179 g/mol. The van der Waals surface area contributed by atoms with Gasteiger partial charge in [-0.15, -0.1) is 0 Å². The lowest BCUT2D eigenvalue weighted by molar-refractivity contribution is -0.234. The van der Waals surface area contributed by atoms with E-state index in [1.54, 1.807) is 0 Å². The third kappa shape index (κ3) is 1.45. The molecule has 0 aromatic carbocycles. The molecule has 72 valence electrons. The number of nitrogens with one attached hydrogen (secondary N) is 1. The fourth-order valence-corrected chi connectivity index (χ4v) is 1.26. The molecule has 1 heterocycles. The van der Waals surface area contributed by atoms with Gasteiger partial charge in [-0.25, -0.2) is 0 Å². The van der Waals surface area contributed by atoms with Crippen LogP contribution in [-0.2, 0) is 0 Å². The van der Waals surface area contributed by atoms with Crippen LogP contribution in [0.4, 0.5) is 0 Å². The molecule has 1 aliphatic heterocycles. The van der Waals surface area contributed by atoms with Crippen LogP contribution in [0, 0.1) is 0 Å². The van der Waals surface area contributed by atoms with Crippen molar-refractivity contribution >= 4 is 0 Å². The van der Waals surface area contributed by atoms with E-state index in [2.05, 4.69) is 5.32 Å². The third-order valence-electron chi connectivity index (χ3n) is 2.00. The van der Waals surface area contributed by atoms with Gasteiger partial charge in [0.2, 0.25) is 0 Å². The summed E-state index contributed by atoms with van der Waals surface area (Å²) < 4.78 is 0. The Labute approximate surface area is 69.1 Å². The maximum Gasteiger partial charge on any atom is 0.252 e. The molecule has 1 fully saturated rings. The van der Waals surface area contributed by atoms with Gasteiger partial charge in [-0.05, 0) is 6.92 Å². The molecule has 6 N–H and O–H groups in total. The van der Waals surface area contributed by atoms with Crippen molar-refractivity contribution in [2.75, 3.05) is 0 Å². The molecular formula is C6H13NO5. The van der Waals surface area contributed by atoms with E-state index in [1.165, 1.54) is 6.92 Å². The van der Waals surface area contributed by atoms with Gasteiger partial charge in [0.15, 0.2) is 0 Å². The molecule has 0 aromatic rings. The summed E-state index contributed by atoms with van der Waals surface area (Å²) in [6.07, 6.45) is -4.08. The summed E-state index contributed by atoms with van der Waals surface area (Å²) >= 11 is 0. The quantitative estimate of drug-likeness (QED) is 0.235. The molecule has 1 aliphatic rings. The van der Waals surface area contributed by atoms with E-state index >= 15 is 0 Å². The van der Waals surface area contributed by atoms with Crippen molar-refractivity contribution in [2.45, 2.75) is 37.2 Å². The van der Waals surface area contributed by atoms with Crippen molar-refractivity contribution in [2.24, 2.45) is 0 Å². The summed E-state index contributed by atoms with van der Waals surface area (Å²) in [7, 11) is 0. The highest BCUT2D eigenvalue weighted by atomic mass is 16.6. The minimum atomic E-state index is -2.53. The fraction of sp³-hybridized carbons (Fsp3) is 1.00. The molecule has 0 saturated carbocycles. The number of aliphatic hydroxyl groups excluding tert-OH is 3. The topological polar surface area (TPSA) is 113 Å². The lowest BCUT2D eigenvalue weighted by atomic mass is 10.1. The molecule has 0 aliphatic carbocycles. The Morgan fingerprint density at radius 3 is 2.00 bits per heavy atom. The molecule has 0 radical (unpaired) electrons. The lowest BCUT2D eigenvalue weighted by Gasteiger charge is -2.19. The van der Waals surface area contributed by atoms with Crippen LogP contribution < -0.4 is 5.32 Å². The van der Waals surface area contributed by atoms with E-state index in [0.717, 1.165) is 0 Å². The first-order valence-corrected chi connectivity index (χ1v) is 3.63. The number of rotatable bonds is 1. The van der Waals surface area contributed by atoms with Gasteiger partial charge in [-0.1, -0.05) is 0 Å². The summed E-state index contributed by atoms with van der Waals surface area (Å²) in [6, 6.07) is -0.935. The van der Waals surface area contributed by atoms with Crippen molar-refractivity contribution in [3.05, 3.63) is 0 Å². The van der Waals surface area contributed by atoms with Crippen molar-refractivity contribution in [3.63, 3.8) is 0 Å². The first-order valence-electron chi connectivity index (χ1n) is 3.63. The molecule has 0 aromatic heterocycles. The smallest absolute Gasteiger partial charge is 0.252 e. The highest BCUT2D eigenvalue weighted by Gasteiger charge is 2.51. The van der Waals surface area contributed by atoms with Crippen molar-refractivity contribution in [3.8, 4) is 0 Å². The van der Waals surface area contributed by atoms with Gasteiger partial charge in [-0.2, -0.15) is 0 Å². The molecule has 0 amide bonds. The van der Waals surface area contributed by atoms with Gasteiger partial charge < -0.3 is 25.5 Å². The van der Waals surface area contributed by atoms with E-state index in [4.69, 9.17) is 20.4 Å². The Morgan fingerprint density at radius 2 is 1.83 bits per heavy atom. The lowest BCUT2D eigenvalue weighted by Crippen LogP contribution is -2.50. The number of aliphatic hydroxyl groups is 5. The minimum absolute atomic E-state index is 0.935. The van der Waals surface area contributed by atoms with E-state index in [-0.39, 0.29) is 0 Å². The molecule has 4 atom stereocenters. The molecule has 0 spiro atoms. The minimum Gasteiger partial charge on any atom is -0.392 e. The first-order chi connectivity index (χ1) is 5.36. The number of hydrogen-bond donors (Lipinski definition) is 6. The Morgan fingerprint density at radius 1 is 1.33 bits per heavy atom. The Balaban J connectivity index is 2.74. The second-order valence-corrected chi connectivity index (χ2v) is 3.07. The normalized spacial score (nSPS) is 43.0. The van der Waals surface area contributed by atoms with E-state index in [9.17, 15) is 5.11 Å². The third-order valence-corrected chi connectivity index (χ3v) is 2.00. The van der Waals surface area contributed by atoms with Gasteiger partial charge in [0.25, 0.3) is 5.91 Å².